The maximum atomic E-state index is 12.9. The quantitative estimate of drug-likeness (QED) is 0.675. The van der Waals surface area contributed by atoms with Crippen LogP contribution >= 0.6 is 0 Å². The van der Waals surface area contributed by atoms with Gasteiger partial charge in [-0.2, -0.15) is 0 Å². The summed E-state index contributed by atoms with van der Waals surface area (Å²) in [5.74, 6) is -0.921. The number of carbonyl (C=O) groups excluding carboxylic acids is 2. The number of rotatable bonds is 7. The summed E-state index contributed by atoms with van der Waals surface area (Å²) in [5, 5.41) is 2.76. The van der Waals surface area contributed by atoms with Gasteiger partial charge in [-0.05, 0) is 81.6 Å². The van der Waals surface area contributed by atoms with E-state index in [0.717, 1.165) is 21.7 Å². The van der Waals surface area contributed by atoms with Gasteiger partial charge in [0.05, 0.1) is 24.1 Å². The second-order valence-corrected chi connectivity index (χ2v) is 9.10. The first-order valence-corrected chi connectivity index (χ1v) is 11.5. The van der Waals surface area contributed by atoms with Crippen LogP contribution in [-0.2, 0) is 19.6 Å². The van der Waals surface area contributed by atoms with Crippen molar-refractivity contribution in [1.82, 2.24) is 0 Å². The molecule has 7 nitrogen and oxygen atoms in total. The normalized spacial score (nSPS) is 12.2. The number of anilines is 2. The number of carbonyl (C=O) groups is 2. The van der Waals surface area contributed by atoms with E-state index in [-0.39, 0.29) is 6.61 Å². The molecule has 0 aliphatic heterocycles. The smallest absolute Gasteiger partial charge is 0.338 e. The molecule has 0 heterocycles. The lowest BCUT2D eigenvalue weighted by Gasteiger charge is -2.29. The summed E-state index contributed by atoms with van der Waals surface area (Å²) in [7, 11) is -3.71. The maximum Gasteiger partial charge on any atom is 0.338 e. The fraction of sp³-hybridized carbons (Fsp3) is 0.364. The van der Waals surface area contributed by atoms with Gasteiger partial charge < -0.3 is 10.1 Å². The molecule has 162 valence electrons. The molecule has 0 aromatic heterocycles. The van der Waals surface area contributed by atoms with Gasteiger partial charge in [0, 0.05) is 5.69 Å². The first kappa shape index (κ1) is 23.4. The van der Waals surface area contributed by atoms with Crippen LogP contribution in [0.2, 0.25) is 0 Å². The van der Waals surface area contributed by atoms with E-state index in [1.807, 2.05) is 19.9 Å². The predicted molar refractivity (Wildman–Crippen MR) is 118 cm³/mol. The van der Waals surface area contributed by atoms with Crippen molar-refractivity contribution in [1.29, 1.82) is 0 Å². The maximum absolute atomic E-state index is 12.9. The van der Waals surface area contributed by atoms with Gasteiger partial charge in [-0.1, -0.05) is 6.07 Å². The van der Waals surface area contributed by atoms with E-state index < -0.39 is 27.9 Å². The van der Waals surface area contributed by atoms with Crippen LogP contribution in [0, 0.1) is 20.8 Å². The number of esters is 1. The molecule has 1 N–H and O–H groups in total. The molecular weight excluding hydrogens is 404 g/mol. The van der Waals surface area contributed by atoms with Crippen molar-refractivity contribution in [3.8, 4) is 0 Å². The average Bonchev–Trinajstić information content (AvgIpc) is 2.65. The highest BCUT2D eigenvalue weighted by molar-refractivity contribution is 7.92. The van der Waals surface area contributed by atoms with Crippen molar-refractivity contribution in [3.05, 3.63) is 58.7 Å². The van der Waals surface area contributed by atoms with Crippen LogP contribution in [0.4, 0.5) is 11.4 Å². The first-order valence-electron chi connectivity index (χ1n) is 9.61. The van der Waals surface area contributed by atoms with E-state index in [1.165, 1.54) is 6.92 Å². The zero-order valence-electron chi connectivity index (χ0n) is 18.1. The fourth-order valence-corrected chi connectivity index (χ4v) is 4.22. The number of aryl methyl sites for hydroxylation is 3. The summed E-state index contributed by atoms with van der Waals surface area (Å²) < 4.78 is 31.0. The second kappa shape index (κ2) is 9.30. The number of nitrogens with zero attached hydrogens (tertiary/aromatic N) is 1. The molecule has 2 aromatic carbocycles. The zero-order valence-corrected chi connectivity index (χ0v) is 19.0. The molecule has 2 aromatic rings. The average molecular weight is 433 g/mol. The largest absolute Gasteiger partial charge is 0.462 e. The van der Waals surface area contributed by atoms with Crippen molar-refractivity contribution < 1.29 is 22.7 Å². The SMILES string of the molecule is CCOC(=O)c1ccc(NC(=O)C(C)N(c2ccc(C)c(C)c2)S(C)(=O)=O)c(C)c1. The lowest BCUT2D eigenvalue weighted by Crippen LogP contribution is -2.45. The van der Waals surface area contributed by atoms with Gasteiger partial charge in [0.1, 0.15) is 6.04 Å². The predicted octanol–water partition coefficient (Wildman–Crippen LogP) is 3.58. The number of benzene rings is 2. The van der Waals surface area contributed by atoms with E-state index >= 15 is 0 Å². The topological polar surface area (TPSA) is 92.8 Å². The third kappa shape index (κ3) is 5.38. The van der Waals surface area contributed by atoms with Gasteiger partial charge in [0.2, 0.25) is 15.9 Å². The summed E-state index contributed by atoms with van der Waals surface area (Å²) in [5.41, 5.74) is 3.93. The third-order valence-electron chi connectivity index (χ3n) is 4.83. The molecule has 0 saturated heterocycles. The van der Waals surface area contributed by atoms with E-state index in [4.69, 9.17) is 4.74 Å². The highest BCUT2D eigenvalue weighted by Crippen LogP contribution is 2.25. The highest BCUT2D eigenvalue weighted by atomic mass is 32.2. The standard InChI is InChI=1S/C22H28N2O5S/c1-7-29-22(26)18-9-11-20(16(4)12-18)23-21(25)17(5)24(30(6,27)28)19-10-8-14(2)15(3)13-19/h8-13,17H,7H2,1-6H3,(H,23,25). The van der Waals surface area contributed by atoms with Gasteiger partial charge in [0.25, 0.3) is 0 Å². The zero-order chi connectivity index (χ0) is 22.6. The van der Waals surface area contributed by atoms with Crippen LogP contribution in [0.3, 0.4) is 0 Å². The van der Waals surface area contributed by atoms with Crippen molar-refractivity contribution in [2.75, 3.05) is 22.5 Å². The van der Waals surface area contributed by atoms with Crippen molar-refractivity contribution >= 4 is 33.3 Å². The molecule has 8 heteroatoms. The molecular formula is C22H28N2O5S. The van der Waals surface area contributed by atoms with Crippen LogP contribution in [-0.4, -0.2) is 39.2 Å². The van der Waals surface area contributed by atoms with Crippen molar-refractivity contribution in [3.63, 3.8) is 0 Å². The van der Waals surface area contributed by atoms with Gasteiger partial charge >= 0.3 is 5.97 Å². The molecule has 2 rings (SSSR count). The van der Waals surface area contributed by atoms with E-state index in [2.05, 4.69) is 5.32 Å². The Balaban J connectivity index is 2.30. The lowest BCUT2D eigenvalue weighted by atomic mass is 10.1. The van der Waals surface area contributed by atoms with Gasteiger partial charge in [-0.3, -0.25) is 9.10 Å². The number of sulfonamides is 1. The molecule has 1 atom stereocenters. The molecule has 1 unspecified atom stereocenters. The van der Waals surface area contributed by atoms with Gasteiger partial charge in [0.15, 0.2) is 0 Å². The monoisotopic (exact) mass is 432 g/mol. The summed E-state index contributed by atoms with van der Waals surface area (Å²) >= 11 is 0. The van der Waals surface area contributed by atoms with E-state index in [1.54, 1.807) is 44.2 Å². The number of amides is 1. The summed E-state index contributed by atoms with van der Waals surface area (Å²) in [4.78, 5) is 24.8. The summed E-state index contributed by atoms with van der Waals surface area (Å²) in [6, 6.07) is 9.07. The van der Waals surface area contributed by atoms with Crippen LogP contribution in [0.25, 0.3) is 0 Å². The third-order valence-corrected chi connectivity index (χ3v) is 6.07. The minimum atomic E-state index is -3.71. The van der Waals surface area contributed by atoms with Gasteiger partial charge in [-0.15, -0.1) is 0 Å². The second-order valence-electron chi connectivity index (χ2n) is 7.24. The lowest BCUT2D eigenvalue weighted by molar-refractivity contribution is -0.116. The van der Waals surface area contributed by atoms with Crippen molar-refractivity contribution in [2.45, 2.75) is 40.7 Å². The number of hydrogen-bond acceptors (Lipinski definition) is 5. The molecule has 30 heavy (non-hydrogen) atoms. The molecule has 0 spiro atoms. The van der Waals surface area contributed by atoms with Crippen LogP contribution in [0.5, 0.6) is 0 Å². The Morgan fingerprint density at radius 2 is 1.70 bits per heavy atom. The Hall–Kier alpha value is -2.87. The summed E-state index contributed by atoms with van der Waals surface area (Å²) in [6.45, 7) is 9.10. The van der Waals surface area contributed by atoms with Crippen LogP contribution in [0.15, 0.2) is 36.4 Å². The molecule has 0 bridgehead atoms. The molecule has 0 fully saturated rings. The fourth-order valence-electron chi connectivity index (χ4n) is 3.05. The Morgan fingerprint density at radius 1 is 1.03 bits per heavy atom. The molecule has 0 aliphatic rings. The summed E-state index contributed by atoms with van der Waals surface area (Å²) in [6.07, 6.45) is 1.07. The minimum Gasteiger partial charge on any atom is -0.462 e. The minimum absolute atomic E-state index is 0.272. The van der Waals surface area contributed by atoms with Crippen molar-refractivity contribution in [2.24, 2.45) is 0 Å². The number of ether oxygens (including phenoxy) is 1. The van der Waals surface area contributed by atoms with Crippen LogP contribution in [0.1, 0.15) is 40.9 Å². The Morgan fingerprint density at radius 3 is 2.23 bits per heavy atom. The number of hydrogen-bond donors (Lipinski definition) is 1. The first-order chi connectivity index (χ1) is 14.0. The Labute approximate surface area is 178 Å². The van der Waals surface area contributed by atoms with E-state index in [0.29, 0.717) is 22.5 Å². The number of nitrogens with one attached hydrogen (secondary N) is 1. The molecule has 0 saturated carbocycles. The van der Waals surface area contributed by atoms with E-state index in [9.17, 15) is 18.0 Å². The van der Waals surface area contributed by atoms with Crippen LogP contribution < -0.4 is 9.62 Å². The molecule has 0 aliphatic carbocycles. The molecule has 0 radical (unpaired) electrons. The Kier molecular flexibility index (Phi) is 7.25. The Bertz CT molecular complexity index is 1060. The molecule has 1 amide bonds. The highest BCUT2D eigenvalue weighted by Gasteiger charge is 2.29. The van der Waals surface area contributed by atoms with Gasteiger partial charge in [-0.25, -0.2) is 13.2 Å².